The van der Waals surface area contributed by atoms with Crippen LogP contribution in [0.1, 0.15) is 25.8 Å². The predicted octanol–water partition coefficient (Wildman–Crippen LogP) is 3.72. The second kappa shape index (κ2) is 8.76. The fourth-order valence-corrected chi connectivity index (χ4v) is 2.25. The molecule has 0 saturated heterocycles. The lowest BCUT2D eigenvalue weighted by Crippen LogP contribution is -2.24. The minimum absolute atomic E-state index is 0.693. The van der Waals surface area contributed by atoms with Gasteiger partial charge >= 0.3 is 0 Å². The molecule has 4 heteroatoms. The monoisotopic (exact) mass is 288 g/mol. The number of halogens is 2. The molecule has 1 aromatic carbocycles. The Kier molecular flexibility index (Phi) is 7.68. The maximum absolute atomic E-state index is 5.94. The highest BCUT2D eigenvalue weighted by molar-refractivity contribution is 6.34. The van der Waals surface area contributed by atoms with E-state index in [9.17, 15) is 0 Å². The zero-order chi connectivity index (χ0) is 13.4. The van der Waals surface area contributed by atoms with Crippen molar-refractivity contribution >= 4 is 23.2 Å². The van der Waals surface area contributed by atoms with E-state index in [2.05, 4.69) is 24.5 Å². The van der Waals surface area contributed by atoms with Gasteiger partial charge < -0.3 is 10.6 Å². The lowest BCUT2D eigenvalue weighted by Gasteiger charge is -2.08. The molecule has 2 nitrogen and oxygen atoms in total. The Labute approximate surface area is 120 Å². The molecule has 0 unspecified atom stereocenters. The van der Waals surface area contributed by atoms with E-state index in [1.165, 1.54) is 0 Å². The van der Waals surface area contributed by atoms with E-state index in [0.29, 0.717) is 16.0 Å². The molecule has 2 N–H and O–H groups in total. The van der Waals surface area contributed by atoms with Crippen LogP contribution in [0.3, 0.4) is 0 Å². The molecular weight excluding hydrogens is 267 g/mol. The van der Waals surface area contributed by atoms with Gasteiger partial charge in [0.05, 0.1) is 0 Å². The minimum Gasteiger partial charge on any atom is -0.316 e. The Hall–Kier alpha value is -0.280. The van der Waals surface area contributed by atoms with Gasteiger partial charge in [-0.2, -0.15) is 0 Å². The maximum atomic E-state index is 5.94. The van der Waals surface area contributed by atoms with Crippen LogP contribution in [-0.4, -0.2) is 19.6 Å². The molecule has 0 aliphatic carbocycles. The third-order valence-corrected chi connectivity index (χ3v) is 2.95. The van der Waals surface area contributed by atoms with E-state index in [4.69, 9.17) is 23.2 Å². The molecule has 0 spiro atoms. The molecule has 18 heavy (non-hydrogen) atoms. The predicted molar refractivity (Wildman–Crippen MR) is 80.5 cm³/mol. The fourth-order valence-electron chi connectivity index (χ4n) is 1.67. The number of benzene rings is 1. The van der Waals surface area contributed by atoms with E-state index in [1.807, 2.05) is 12.1 Å². The molecule has 0 fully saturated rings. The summed E-state index contributed by atoms with van der Waals surface area (Å²) in [4.78, 5) is 0. The number of hydrogen-bond acceptors (Lipinski definition) is 2. The van der Waals surface area contributed by atoms with Crippen molar-refractivity contribution in [3.8, 4) is 0 Å². The van der Waals surface area contributed by atoms with Crippen molar-refractivity contribution in [3.63, 3.8) is 0 Å². The molecule has 0 amide bonds. The van der Waals surface area contributed by atoms with Crippen molar-refractivity contribution in [1.29, 1.82) is 0 Å². The normalized spacial score (nSPS) is 11.2. The molecule has 0 aliphatic rings. The summed E-state index contributed by atoms with van der Waals surface area (Å²) >= 11 is 11.9. The fraction of sp³-hybridized carbons (Fsp3) is 0.571. The maximum Gasteiger partial charge on any atom is 0.0424 e. The molecule has 0 bridgehead atoms. The first-order chi connectivity index (χ1) is 8.58. The Morgan fingerprint density at radius 3 is 2.22 bits per heavy atom. The van der Waals surface area contributed by atoms with Gasteiger partial charge in [-0.3, -0.25) is 0 Å². The van der Waals surface area contributed by atoms with Gasteiger partial charge in [0.1, 0.15) is 0 Å². The van der Waals surface area contributed by atoms with Crippen LogP contribution in [0.5, 0.6) is 0 Å². The van der Waals surface area contributed by atoms with Crippen LogP contribution >= 0.6 is 23.2 Å². The first kappa shape index (κ1) is 15.8. The van der Waals surface area contributed by atoms with Crippen molar-refractivity contribution in [3.05, 3.63) is 33.8 Å². The molecule has 0 aromatic heterocycles. The highest BCUT2D eigenvalue weighted by atomic mass is 35.5. The molecule has 1 aromatic rings. The average Bonchev–Trinajstić information content (AvgIpc) is 2.26. The summed E-state index contributed by atoms with van der Waals surface area (Å²) in [6.07, 6.45) is 1.13. The second-order valence-electron chi connectivity index (χ2n) is 4.91. The van der Waals surface area contributed by atoms with Gasteiger partial charge in [-0.05, 0) is 55.7 Å². The third kappa shape index (κ3) is 7.22. The summed E-state index contributed by atoms with van der Waals surface area (Å²) in [5.41, 5.74) is 1.13. The van der Waals surface area contributed by atoms with Gasteiger partial charge in [0.15, 0.2) is 0 Å². The van der Waals surface area contributed by atoms with Crippen LogP contribution in [0, 0.1) is 5.92 Å². The van der Waals surface area contributed by atoms with E-state index in [1.54, 1.807) is 6.07 Å². The van der Waals surface area contributed by atoms with Crippen molar-refractivity contribution in [2.75, 3.05) is 19.6 Å². The quantitative estimate of drug-likeness (QED) is 0.713. The molecule has 1 rings (SSSR count). The van der Waals surface area contributed by atoms with E-state index in [-0.39, 0.29) is 0 Å². The van der Waals surface area contributed by atoms with E-state index < -0.39 is 0 Å². The Bertz CT molecular complexity index is 333. The van der Waals surface area contributed by atoms with Gasteiger partial charge in [0.2, 0.25) is 0 Å². The molecule has 0 saturated carbocycles. The zero-order valence-electron chi connectivity index (χ0n) is 11.1. The van der Waals surface area contributed by atoms with Crippen LogP contribution in [-0.2, 0) is 6.54 Å². The van der Waals surface area contributed by atoms with Crippen molar-refractivity contribution in [2.24, 2.45) is 5.92 Å². The molecule has 0 atom stereocenters. The second-order valence-corrected chi connectivity index (χ2v) is 5.78. The highest BCUT2D eigenvalue weighted by Crippen LogP contribution is 2.18. The van der Waals surface area contributed by atoms with Gasteiger partial charge in [0.25, 0.3) is 0 Å². The van der Waals surface area contributed by atoms with Crippen LogP contribution < -0.4 is 10.6 Å². The summed E-state index contributed by atoms with van der Waals surface area (Å²) in [5, 5.41) is 8.19. The van der Waals surface area contributed by atoms with Gasteiger partial charge in [-0.15, -0.1) is 0 Å². The first-order valence-electron chi connectivity index (χ1n) is 6.44. The van der Waals surface area contributed by atoms with E-state index in [0.717, 1.165) is 38.2 Å². The Morgan fingerprint density at radius 2 is 1.61 bits per heavy atom. The minimum atomic E-state index is 0.693. The summed E-state index contributed by atoms with van der Waals surface area (Å²) in [6.45, 7) is 8.38. The summed E-state index contributed by atoms with van der Waals surface area (Å²) in [6, 6.07) is 5.64. The van der Waals surface area contributed by atoms with Crippen LogP contribution in [0.25, 0.3) is 0 Å². The molecule has 0 heterocycles. The van der Waals surface area contributed by atoms with Crippen molar-refractivity contribution < 1.29 is 0 Å². The van der Waals surface area contributed by atoms with Gasteiger partial charge in [-0.1, -0.05) is 37.0 Å². The van der Waals surface area contributed by atoms with Crippen molar-refractivity contribution in [1.82, 2.24) is 10.6 Å². The molecule has 102 valence electrons. The van der Waals surface area contributed by atoms with Crippen molar-refractivity contribution in [2.45, 2.75) is 26.8 Å². The molecular formula is C14H22Cl2N2. The number of rotatable bonds is 8. The summed E-state index contributed by atoms with van der Waals surface area (Å²) in [5.74, 6) is 0.714. The SMILES string of the molecule is CC(C)CNCCCNCc1cc(Cl)cc(Cl)c1. The number of hydrogen-bond donors (Lipinski definition) is 2. The van der Waals surface area contributed by atoms with E-state index >= 15 is 0 Å². The molecule has 0 aliphatic heterocycles. The van der Waals surface area contributed by atoms with Gasteiger partial charge in [0, 0.05) is 16.6 Å². The topological polar surface area (TPSA) is 24.1 Å². The average molecular weight is 289 g/mol. The van der Waals surface area contributed by atoms with Crippen LogP contribution in [0.4, 0.5) is 0 Å². The highest BCUT2D eigenvalue weighted by Gasteiger charge is 1.98. The Balaban J connectivity index is 2.10. The standard InChI is InChI=1S/C14H22Cl2N2/c1-11(2)9-17-4-3-5-18-10-12-6-13(15)8-14(16)7-12/h6-8,11,17-18H,3-5,9-10H2,1-2H3. The summed E-state index contributed by atoms with van der Waals surface area (Å²) < 4.78 is 0. The largest absolute Gasteiger partial charge is 0.316 e. The lowest BCUT2D eigenvalue weighted by molar-refractivity contribution is 0.530. The van der Waals surface area contributed by atoms with Gasteiger partial charge in [-0.25, -0.2) is 0 Å². The first-order valence-corrected chi connectivity index (χ1v) is 7.20. The van der Waals surface area contributed by atoms with Crippen LogP contribution in [0.2, 0.25) is 10.0 Å². The lowest BCUT2D eigenvalue weighted by atomic mass is 10.2. The number of nitrogens with one attached hydrogen (secondary N) is 2. The third-order valence-electron chi connectivity index (χ3n) is 2.51. The molecule has 0 radical (unpaired) electrons. The summed E-state index contributed by atoms with van der Waals surface area (Å²) in [7, 11) is 0. The van der Waals surface area contributed by atoms with Crippen LogP contribution in [0.15, 0.2) is 18.2 Å². The Morgan fingerprint density at radius 1 is 1.00 bits per heavy atom. The smallest absolute Gasteiger partial charge is 0.0424 e. The zero-order valence-corrected chi connectivity index (χ0v) is 12.6.